The van der Waals surface area contributed by atoms with Crippen molar-refractivity contribution in [2.45, 2.75) is 64.6 Å². The predicted molar refractivity (Wildman–Crippen MR) is 62.8 cm³/mol. The lowest BCUT2D eigenvalue weighted by atomic mass is 9.84. The van der Waals surface area contributed by atoms with Crippen LogP contribution in [-0.4, -0.2) is 18.8 Å². The van der Waals surface area contributed by atoms with E-state index >= 15 is 0 Å². The molecule has 15 heavy (non-hydrogen) atoms. The molecular weight excluding hydrogens is 188 g/mol. The Morgan fingerprint density at radius 2 is 2.00 bits per heavy atom. The van der Waals surface area contributed by atoms with Gasteiger partial charge < -0.3 is 9.47 Å². The number of methoxy groups -OCH3 is 1. The quantitative estimate of drug-likeness (QED) is 0.662. The topological polar surface area (TPSA) is 18.5 Å². The molecule has 0 N–H and O–H groups in total. The van der Waals surface area contributed by atoms with E-state index in [2.05, 4.69) is 19.9 Å². The molecule has 0 amide bonds. The molecule has 0 bridgehead atoms. The molecule has 0 unspecified atom stereocenters. The van der Waals surface area contributed by atoms with Crippen molar-refractivity contribution in [1.29, 1.82) is 0 Å². The highest BCUT2D eigenvalue weighted by Crippen LogP contribution is 2.34. The Morgan fingerprint density at radius 3 is 2.40 bits per heavy atom. The largest absolute Gasteiger partial charge is 0.492 e. The second-order valence-electron chi connectivity index (χ2n) is 4.60. The van der Waals surface area contributed by atoms with E-state index in [9.17, 15) is 0 Å². The Bertz CT molecular complexity index is 213. The molecule has 1 aliphatic carbocycles. The van der Waals surface area contributed by atoms with Gasteiger partial charge in [-0.2, -0.15) is 0 Å². The minimum atomic E-state index is 0.0346. The van der Waals surface area contributed by atoms with Crippen molar-refractivity contribution in [3.8, 4) is 0 Å². The molecule has 0 heterocycles. The van der Waals surface area contributed by atoms with Crippen molar-refractivity contribution in [2.75, 3.05) is 7.11 Å². The summed E-state index contributed by atoms with van der Waals surface area (Å²) >= 11 is 0. The van der Waals surface area contributed by atoms with Crippen molar-refractivity contribution in [3.05, 3.63) is 11.8 Å². The Balaban J connectivity index is 2.47. The zero-order valence-electron chi connectivity index (χ0n) is 10.5. The fourth-order valence-electron chi connectivity index (χ4n) is 2.19. The summed E-state index contributed by atoms with van der Waals surface area (Å²) in [4.78, 5) is 0. The van der Waals surface area contributed by atoms with E-state index in [1.54, 1.807) is 7.11 Å². The lowest BCUT2D eigenvalue weighted by Gasteiger charge is -2.37. The first-order valence-electron chi connectivity index (χ1n) is 6.00. The first-order valence-corrected chi connectivity index (χ1v) is 6.00. The molecule has 0 atom stereocenters. The van der Waals surface area contributed by atoms with Gasteiger partial charge in [-0.1, -0.05) is 6.92 Å². The number of rotatable bonds is 4. The van der Waals surface area contributed by atoms with E-state index in [1.807, 2.05) is 6.92 Å². The molecule has 0 radical (unpaired) electrons. The fourth-order valence-corrected chi connectivity index (χ4v) is 2.19. The molecule has 1 saturated carbocycles. The maximum Gasteiger partial charge on any atom is 0.106 e. The molecule has 0 spiro atoms. The zero-order valence-corrected chi connectivity index (χ0v) is 10.5. The van der Waals surface area contributed by atoms with Gasteiger partial charge in [0.15, 0.2) is 0 Å². The predicted octanol–water partition coefficient (Wildman–Crippen LogP) is 3.66. The van der Waals surface area contributed by atoms with Crippen LogP contribution in [0.5, 0.6) is 0 Å². The second-order valence-corrected chi connectivity index (χ2v) is 4.60. The van der Waals surface area contributed by atoms with Crippen molar-refractivity contribution in [2.24, 2.45) is 0 Å². The SMILES string of the molecule is C/C=C(\CC)OC1(C)CCC(OC)CC1. The van der Waals surface area contributed by atoms with E-state index in [-0.39, 0.29) is 5.60 Å². The van der Waals surface area contributed by atoms with Crippen LogP contribution >= 0.6 is 0 Å². The highest BCUT2D eigenvalue weighted by atomic mass is 16.5. The molecule has 88 valence electrons. The van der Waals surface area contributed by atoms with Crippen LogP contribution in [0.15, 0.2) is 11.8 Å². The average Bonchev–Trinajstić information content (AvgIpc) is 2.27. The first kappa shape index (κ1) is 12.6. The molecule has 1 aliphatic rings. The van der Waals surface area contributed by atoms with Crippen LogP contribution in [0.2, 0.25) is 0 Å². The highest BCUT2D eigenvalue weighted by Gasteiger charge is 2.33. The van der Waals surface area contributed by atoms with E-state index in [4.69, 9.17) is 9.47 Å². The summed E-state index contributed by atoms with van der Waals surface area (Å²) in [7, 11) is 1.80. The van der Waals surface area contributed by atoms with Crippen molar-refractivity contribution in [3.63, 3.8) is 0 Å². The standard InChI is InChI=1S/C13H24O2/c1-5-11(6-2)15-13(3)9-7-12(14-4)8-10-13/h5,12H,6-10H2,1-4H3/b11-5+. The van der Waals surface area contributed by atoms with Gasteiger partial charge in [0, 0.05) is 13.5 Å². The minimum Gasteiger partial charge on any atom is -0.492 e. The van der Waals surface area contributed by atoms with Gasteiger partial charge in [-0.15, -0.1) is 0 Å². The number of hydrogen-bond donors (Lipinski definition) is 0. The highest BCUT2D eigenvalue weighted by molar-refractivity contribution is 4.95. The monoisotopic (exact) mass is 212 g/mol. The van der Waals surface area contributed by atoms with Crippen LogP contribution < -0.4 is 0 Å². The summed E-state index contributed by atoms with van der Waals surface area (Å²) in [5.41, 5.74) is 0.0346. The third kappa shape index (κ3) is 3.53. The van der Waals surface area contributed by atoms with Gasteiger partial charge in [0.05, 0.1) is 11.9 Å². The Morgan fingerprint density at radius 1 is 1.40 bits per heavy atom. The molecule has 2 heteroatoms. The maximum atomic E-state index is 6.08. The van der Waals surface area contributed by atoms with Crippen LogP contribution in [0.25, 0.3) is 0 Å². The fraction of sp³-hybridized carbons (Fsp3) is 0.846. The van der Waals surface area contributed by atoms with Gasteiger partial charge in [-0.3, -0.25) is 0 Å². The van der Waals surface area contributed by atoms with Crippen LogP contribution in [0, 0.1) is 0 Å². The summed E-state index contributed by atoms with van der Waals surface area (Å²) in [5.74, 6) is 1.12. The summed E-state index contributed by atoms with van der Waals surface area (Å²) in [5, 5.41) is 0. The molecule has 1 fully saturated rings. The van der Waals surface area contributed by atoms with E-state index in [0.29, 0.717) is 6.10 Å². The number of hydrogen-bond acceptors (Lipinski definition) is 2. The Labute approximate surface area is 93.7 Å². The average molecular weight is 212 g/mol. The summed E-state index contributed by atoms with van der Waals surface area (Å²) in [6.07, 6.45) is 7.94. The molecule has 0 saturated heterocycles. The zero-order chi connectivity index (χ0) is 11.3. The smallest absolute Gasteiger partial charge is 0.106 e. The van der Waals surface area contributed by atoms with Gasteiger partial charge in [0.2, 0.25) is 0 Å². The summed E-state index contributed by atoms with van der Waals surface area (Å²) in [6.45, 7) is 6.40. The Kier molecular flexibility index (Phi) is 4.65. The molecule has 0 aliphatic heterocycles. The third-order valence-electron chi connectivity index (χ3n) is 3.37. The normalized spacial score (nSPS) is 32.8. The Hall–Kier alpha value is -0.500. The van der Waals surface area contributed by atoms with Gasteiger partial charge in [-0.05, 0) is 45.6 Å². The van der Waals surface area contributed by atoms with Crippen LogP contribution in [-0.2, 0) is 9.47 Å². The van der Waals surface area contributed by atoms with E-state index in [1.165, 1.54) is 0 Å². The van der Waals surface area contributed by atoms with Gasteiger partial charge in [0.25, 0.3) is 0 Å². The van der Waals surface area contributed by atoms with E-state index < -0.39 is 0 Å². The lowest BCUT2D eigenvalue weighted by Crippen LogP contribution is -2.36. The molecule has 0 aromatic heterocycles. The molecule has 2 nitrogen and oxygen atoms in total. The van der Waals surface area contributed by atoms with Gasteiger partial charge >= 0.3 is 0 Å². The van der Waals surface area contributed by atoms with Crippen molar-refractivity contribution >= 4 is 0 Å². The lowest BCUT2D eigenvalue weighted by molar-refractivity contribution is -0.0534. The summed E-state index contributed by atoms with van der Waals surface area (Å²) in [6, 6.07) is 0. The van der Waals surface area contributed by atoms with Crippen LogP contribution in [0.3, 0.4) is 0 Å². The number of ether oxygens (including phenoxy) is 2. The third-order valence-corrected chi connectivity index (χ3v) is 3.37. The molecule has 0 aromatic carbocycles. The first-order chi connectivity index (χ1) is 7.13. The van der Waals surface area contributed by atoms with Gasteiger partial charge in [0.1, 0.15) is 5.60 Å². The van der Waals surface area contributed by atoms with Crippen LogP contribution in [0.1, 0.15) is 52.9 Å². The maximum absolute atomic E-state index is 6.08. The second kappa shape index (κ2) is 5.55. The molecule has 1 rings (SSSR count). The minimum absolute atomic E-state index is 0.0346. The number of allylic oxidation sites excluding steroid dienone is 2. The van der Waals surface area contributed by atoms with E-state index in [0.717, 1.165) is 37.9 Å². The van der Waals surface area contributed by atoms with Crippen LogP contribution in [0.4, 0.5) is 0 Å². The summed E-state index contributed by atoms with van der Waals surface area (Å²) < 4.78 is 11.4. The van der Waals surface area contributed by atoms with Crippen molar-refractivity contribution in [1.82, 2.24) is 0 Å². The van der Waals surface area contributed by atoms with Gasteiger partial charge in [-0.25, -0.2) is 0 Å². The molecular formula is C13H24O2. The molecule has 0 aromatic rings. The van der Waals surface area contributed by atoms with Crippen molar-refractivity contribution < 1.29 is 9.47 Å².